The molecule has 1 atom stereocenters. The van der Waals surface area contributed by atoms with Crippen LogP contribution in [0, 0.1) is 6.92 Å². The molecule has 0 saturated heterocycles. The van der Waals surface area contributed by atoms with Gasteiger partial charge < -0.3 is 15.1 Å². The number of furan rings is 1. The summed E-state index contributed by atoms with van der Waals surface area (Å²) in [5.74, 6) is -0.529. The van der Waals surface area contributed by atoms with Crippen molar-refractivity contribution in [1.82, 2.24) is 5.32 Å². The number of carbonyl (C=O) groups is 2. The van der Waals surface area contributed by atoms with Crippen LogP contribution in [0.25, 0.3) is 0 Å². The van der Waals surface area contributed by atoms with Crippen LogP contribution >= 0.6 is 0 Å². The lowest BCUT2D eigenvalue weighted by Gasteiger charge is -2.18. The quantitative estimate of drug-likeness (QED) is 0.715. The predicted molar refractivity (Wildman–Crippen MR) is 99.9 cm³/mol. The van der Waals surface area contributed by atoms with Crippen molar-refractivity contribution in [2.24, 2.45) is 0 Å². The lowest BCUT2D eigenvalue weighted by atomic mass is 10.0. The van der Waals surface area contributed by atoms with Crippen LogP contribution in [-0.4, -0.2) is 17.9 Å². The Morgan fingerprint density at radius 2 is 1.69 bits per heavy atom. The summed E-state index contributed by atoms with van der Waals surface area (Å²) in [7, 11) is 0. The number of amides is 2. The van der Waals surface area contributed by atoms with Crippen molar-refractivity contribution in [2.45, 2.75) is 19.4 Å². The summed E-state index contributed by atoms with van der Waals surface area (Å²) < 4.78 is 5.11. The van der Waals surface area contributed by atoms with Crippen LogP contribution in [0.5, 0.6) is 0 Å². The number of hydrogen-bond donors (Lipinski definition) is 2. The van der Waals surface area contributed by atoms with Gasteiger partial charge in [-0.05, 0) is 36.8 Å². The molecule has 0 aliphatic rings. The first-order valence-electron chi connectivity index (χ1n) is 8.37. The average molecular weight is 348 g/mol. The Hall–Kier alpha value is -3.34. The summed E-state index contributed by atoms with van der Waals surface area (Å²) in [6, 6.07) is 19.5. The van der Waals surface area contributed by atoms with Crippen LogP contribution in [0.1, 0.15) is 21.7 Å². The molecule has 0 aliphatic heterocycles. The molecule has 0 bridgehead atoms. The van der Waals surface area contributed by atoms with Crippen molar-refractivity contribution in [2.75, 3.05) is 5.32 Å². The van der Waals surface area contributed by atoms with Crippen LogP contribution in [0.2, 0.25) is 0 Å². The maximum atomic E-state index is 12.8. The smallest absolute Gasteiger partial charge is 0.287 e. The van der Waals surface area contributed by atoms with Gasteiger partial charge in [0.25, 0.3) is 5.91 Å². The average Bonchev–Trinajstić information content (AvgIpc) is 3.19. The molecule has 0 fully saturated rings. The third-order valence-electron chi connectivity index (χ3n) is 3.97. The molecule has 132 valence electrons. The van der Waals surface area contributed by atoms with E-state index < -0.39 is 11.9 Å². The van der Waals surface area contributed by atoms with Crippen molar-refractivity contribution in [3.8, 4) is 0 Å². The fourth-order valence-electron chi connectivity index (χ4n) is 2.56. The largest absolute Gasteiger partial charge is 0.459 e. The minimum absolute atomic E-state index is 0.172. The minimum Gasteiger partial charge on any atom is -0.459 e. The standard InChI is InChI=1S/C21H20N2O3/c1-15-9-11-17(12-10-15)22-20(24)18(14-16-6-3-2-4-7-16)23-21(25)19-8-5-13-26-19/h2-13,18H,14H2,1H3,(H,22,24)(H,23,25)/t18-/m0/s1. The van der Waals surface area contributed by atoms with Gasteiger partial charge in [-0.25, -0.2) is 0 Å². The third-order valence-corrected chi connectivity index (χ3v) is 3.97. The number of nitrogens with one attached hydrogen (secondary N) is 2. The maximum Gasteiger partial charge on any atom is 0.287 e. The van der Waals surface area contributed by atoms with Gasteiger partial charge in [0, 0.05) is 12.1 Å². The van der Waals surface area contributed by atoms with Gasteiger partial charge in [-0.1, -0.05) is 48.0 Å². The number of aryl methyl sites for hydroxylation is 1. The molecule has 3 rings (SSSR count). The summed E-state index contributed by atoms with van der Waals surface area (Å²) >= 11 is 0. The van der Waals surface area contributed by atoms with E-state index >= 15 is 0 Å². The van der Waals surface area contributed by atoms with E-state index in [1.165, 1.54) is 6.26 Å². The van der Waals surface area contributed by atoms with Gasteiger partial charge in [0.1, 0.15) is 6.04 Å². The molecule has 0 radical (unpaired) electrons. The Labute approximate surface area is 152 Å². The van der Waals surface area contributed by atoms with Crippen LogP contribution in [0.4, 0.5) is 5.69 Å². The van der Waals surface area contributed by atoms with E-state index in [1.54, 1.807) is 12.1 Å². The molecule has 1 heterocycles. The topological polar surface area (TPSA) is 71.3 Å². The first-order valence-corrected chi connectivity index (χ1v) is 8.37. The maximum absolute atomic E-state index is 12.8. The first kappa shape index (κ1) is 17.5. The van der Waals surface area contributed by atoms with Gasteiger partial charge in [-0.2, -0.15) is 0 Å². The van der Waals surface area contributed by atoms with E-state index in [4.69, 9.17) is 4.42 Å². The first-order chi connectivity index (χ1) is 12.6. The molecule has 0 unspecified atom stereocenters. The van der Waals surface area contributed by atoms with Crippen LogP contribution in [0.3, 0.4) is 0 Å². The molecule has 5 nitrogen and oxygen atoms in total. The lowest BCUT2D eigenvalue weighted by molar-refractivity contribution is -0.118. The van der Waals surface area contributed by atoms with Gasteiger partial charge >= 0.3 is 0 Å². The van der Waals surface area contributed by atoms with Crippen LogP contribution in [0.15, 0.2) is 77.4 Å². The Balaban J connectivity index is 1.75. The SMILES string of the molecule is Cc1ccc(NC(=O)[C@H](Cc2ccccc2)NC(=O)c2ccco2)cc1. The molecule has 26 heavy (non-hydrogen) atoms. The molecular weight excluding hydrogens is 328 g/mol. The second-order valence-electron chi connectivity index (χ2n) is 6.05. The molecule has 2 N–H and O–H groups in total. The van der Waals surface area contributed by atoms with E-state index in [-0.39, 0.29) is 11.7 Å². The van der Waals surface area contributed by atoms with Gasteiger partial charge in [0.15, 0.2) is 5.76 Å². The highest BCUT2D eigenvalue weighted by molar-refractivity contribution is 6.00. The lowest BCUT2D eigenvalue weighted by Crippen LogP contribution is -2.45. The zero-order valence-electron chi connectivity index (χ0n) is 14.4. The fraction of sp³-hybridized carbons (Fsp3) is 0.143. The molecule has 0 aliphatic carbocycles. The molecule has 1 aromatic heterocycles. The van der Waals surface area contributed by atoms with Gasteiger partial charge in [0.05, 0.1) is 6.26 Å². The monoisotopic (exact) mass is 348 g/mol. The molecule has 2 amide bonds. The van der Waals surface area contributed by atoms with Crippen LogP contribution < -0.4 is 10.6 Å². The van der Waals surface area contributed by atoms with Crippen LogP contribution in [-0.2, 0) is 11.2 Å². The summed E-state index contributed by atoms with van der Waals surface area (Å²) in [6.07, 6.45) is 1.80. The molecular formula is C21H20N2O3. The number of carbonyl (C=O) groups excluding carboxylic acids is 2. The highest BCUT2D eigenvalue weighted by Crippen LogP contribution is 2.11. The van der Waals surface area contributed by atoms with Gasteiger partial charge in [0.2, 0.25) is 5.91 Å². The van der Waals surface area contributed by atoms with E-state index in [1.807, 2.05) is 61.5 Å². The molecule has 0 saturated carbocycles. The Kier molecular flexibility index (Phi) is 5.49. The number of rotatable bonds is 6. The van der Waals surface area contributed by atoms with E-state index in [9.17, 15) is 9.59 Å². The van der Waals surface area contributed by atoms with E-state index in [0.29, 0.717) is 12.1 Å². The second kappa shape index (κ2) is 8.16. The summed E-state index contributed by atoms with van der Waals surface area (Å²) in [5.41, 5.74) is 2.75. The van der Waals surface area contributed by atoms with Gasteiger partial charge in [-0.3, -0.25) is 9.59 Å². The van der Waals surface area contributed by atoms with Crippen molar-refractivity contribution in [3.63, 3.8) is 0 Å². The third kappa shape index (κ3) is 4.60. The zero-order valence-corrected chi connectivity index (χ0v) is 14.4. The summed E-state index contributed by atoms with van der Waals surface area (Å²) in [6.45, 7) is 1.98. The number of benzene rings is 2. The van der Waals surface area contributed by atoms with E-state index in [2.05, 4.69) is 10.6 Å². The molecule has 0 spiro atoms. The Morgan fingerprint density at radius 1 is 0.962 bits per heavy atom. The van der Waals surface area contributed by atoms with Crippen molar-refractivity contribution >= 4 is 17.5 Å². The second-order valence-corrected chi connectivity index (χ2v) is 6.05. The zero-order chi connectivity index (χ0) is 18.4. The van der Waals surface area contributed by atoms with Crippen molar-refractivity contribution in [1.29, 1.82) is 0 Å². The van der Waals surface area contributed by atoms with Crippen molar-refractivity contribution in [3.05, 3.63) is 89.9 Å². The normalized spacial score (nSPS) is 11.6. The Bertz CT molecular complexity index is 856. The number of anilines is 1. The number of hydrogen-bond acceptors (Lipinski definition) is 3. The minimum atomic E-state index is -0.726. The molecule has 2 aromatic carbocycles. The predicted octanol–water partition coefficient (Wildman–Crippen LogP) is 3.57. The Morgan fingerprint density at radius 3 is 2.35 bits per heavy atom. The summed E-state index contributed by atoms with van der Waals surface area (Å²) in [4.78, 5) is 25.1. The molecule has 5 heteroatoms. The fourth-order valence-corrected chi connectivity index (χ4v) is 2.56. The molecule has 3 aromatic rings. The highest BCUT2D eigenvalue weighted by Gasteiger charge is 2.23. The van der Waals surface area contributed by atoms with Gasteiger partial charge in [-0.15, -0.1) is 0 Å². The highest BCUT2D eigenvalue weighted by atomic mass is 16.3. The van der Waals surface area contributed by atoms with E-state index in [0.717, 1.165) is 11.1 Å². The summed E-state index contributed by atoms with van der Waals surface area (Å²) in [5, 5.41) is 5.61. The van der Waals surface area contributed by atoms with Crippen molar-refractivity contribution < 1.29 is 14.0 Å².